The zero-order chi connectivity index (χ0) is 14.2. The Kier molecular flexibility index (Phi) is 5.46. The van der Waals surface area contributed by atoms with Crippen LogP contribution in [0.4, 0.5) is 0 Å². The van der Waals surface area contributed by atoms with Crippen LogP contribution in [0.5, 0.6) is 11.5 Å². The zero-order valence-electron chi connectivity index (χ0n) is 11.6. The maximum Gasteiger partial charge on any atom is 0.161 e. The molecule has 0 saturated carbocycles. The van der Waals surface area contributed by atoms with Crippen molar-refractivity contribution < 1.29 is 14.6 Å². The normalized spacial score (nSPS) is 10.5. The van der Waals surface area contributed by atoms with Crippen LogP contribution in [0.3, 0.4) is 0 Å². The number of aromatic nitrogens is 1. The highest BCUT2D eigenvalue weighted by Gasteiger charge is 2.05. The quantitative estimate of drug-likeness (QED) is 0.686. The molecular formula is C15H20N2O3. The van der Waals surface area contributed by atoms with Crippen molar-refractivity contribution in [2.24, 2.45) is 0 Å². The van der Waals surface area contributed by atoms with Crippen molar-refractivity contribution in [2.45, 2.75) is 13.1 Å². The minimum atomic E-state index is -0.0108. The molecule has 108 valence electrons. The van der Waals surface area contributed by atoms with E-state index >= 15 is 0 Å². The number of ether oxygens (including phenoxy) is 2. The number of aliphatic hydroxyl groups is 1. The Morgan fingerprint density at radius 1 is 1.15 bits per heavy atom. The number of methoxy groups -OCH3 is 1. The first kappa shape index (κ1) is 14.4. The van der Waals surface area contributed by atoms with Gasteiger partial charge in [-0.3, -0.25) is 0 Å². The van der Waals surface area contributed by atoms with E-state index in [1.165, 1.54) is 5.56 Å². The molecule has 0 amide bonds. The number of hydrogen-bond acceptors (Lipinski definition) is 4. The molecule has 2 rings (SSSR count). The summed E-state index contributed by atoms with van der Waals surface area (Å²) in [5.41, 5.74) is 2.34. The average Bonchev–Trinajstić information content (AvgIpc) is 2.99. The van der Waals surface area contributed by atoms with Gasteiger partial charge in [-0.2, -0.15) is 0 Å². The van der Waals surface area contributed by atoms with Gasteiger partial charge in [0.05, 0.1) is 13.7 Å². The molecule has 1 aromatic heterocycles. The number of aromatic amines is 1. The van der Waals surface area contributed by atoms with Gasteiger partial charge < -0.3 is 24.9 Å². The van der Waals surface area contributed by atoms with Gasteiger partial charge in [-0.05, 0) is 29.3 Å². The lowest BCUT2D eigenvalue weighted by molar-refractivity contribution is 0.196. The molecule has 3 N–H and O–H groups in total. The molecule has 0 radical (unpaired) electrons. The van der Waals surface area contributed by atoms with Crippen molar-refractivity contribution in [1.29, 1.82) is 0 Å². The van der Waals surface area contributed by atoms with E-state index in [1.54, 1.807) is 7.11 Å². The first-order chi connectivity index (χ1) is 9.83. The van der Waals surface area contributed by atoms with Crippen LogP contribution in [0.1, 0.15) is 11.1 Å². The van der Waals surface area contributed by atoms with Crippen LogP contribution in [-0.2, 0) is 13.1 Å². The molecule has 1 heterocycles. The number of rotatable bonds is 8. The molecule has 1 aromatic carbocycles. The topological polar surface area (TPSA) is 66.5 Å². The third kappa shape index (κ3) is 4.01. The molecule has 5 nitrogen and oxygen atoms in total. The van der Waals surface area contributed by atoms with Gasteiger partial charge in [0.25, 0.3) is 0 Å². The van der Waals surface area contributed by atoms with Crippen molar-refractivity contribution in [3.63, 3.8) is 0 Å². The number of nitrogens with one attached hydrogen (secondary N) is 2. The maximum absolute atomic E-state index is 8.77. The van der Waals surface area contributed by atoms with Gasteiger partial charge >= 0.3 is 0 Å². The SMILES string of the molecule is COc1cc(CNCc2cc[nH]c2)ccc1OCCO. The molecule has 0 spiro atoms. The Bertz CT molecular complexity index is 512. The number of benzene rings is 1. The molecule has 0 fully saturated rings. The van der Waals surface area contributed by atoms with Crippen molar-refractivity contribution in [1.82, 2.24) is 10.3 Å². The lowest BCUT2D eigenvalue weighted by Crippen LogP contribution is -2.12. The third-order valence-electron chi connectivity index (χ3n) is 2.90. The summed E-state index contributed by atoms with van der Waals surface area (Å²) in [6, 6.07) is 7.83. The minimum Gasteiger partial charge on any atom is -0.493 e. The van der Waals surface area contributed by atoms with Gasteiger partial charge in [-0.1, -0.05) is 6.07 Å². The molecular weight excluding hydrogens is 256 g/mol. The Morgan fingerprint density at radius 3 is 2.70 bits per heavy atom. The van der Waals surface area contributed by atoms with Crippen molar-refractivity contribution in [3.8, 4) is 11.5 Å². The molecule has 0 unspecified atom stereocenters. The van der Waals surface area contributed by atoms with E-state index < -0.39 is 0 Å². The van der Waals surface area contributed by atoms with Gasteiger partial charge in [0, 0.05) is 25.5 Å². The van der Waals surface area contributed by atoms with Crippen LogP contribution in [0, 0.1) is 0 Å². The molecule has 2 aromatic rings. The average molecular weight is 276 g/mol. The minimum absolute atomic E-state index is 0.0108. The second kappa shape index (κ2) is 7.57. The lowest BCUT2D eigenvalue weighted by Gasteiger charge is -2.11. The van der Waals surface area contributed by atoms with Gasteiger partial charge in [0.1, 0.15) is 6.61 Å². The number of aliphatic hydroxyl groups excluding tert-OH is 1. The molecule has 0 bridgehead atoms. The van der Waals surface area contributed by atoms with Crippen molar-refractivity contribution in [2.75, 3.05) is 20.3 Å². The van der Waals surface area contributed by atoms with E-state index in [-0.39, 0.29) is 13.2 Å². The molecule has 0 aliphatic heterocycles. The van der Waals surface area contributed by atoms with E-state index in [0.29, 0.717) is 11.5 Å². The van der Waals surface area contributed by atoms with E-state index in [2.05, 4.69) is 10.3 Å². The van der Waals surface area contributed by atoms with Gasteiger partial charge in [-0.15, -0.1) is 0 Å². The predicted octanol–water partition coefficient (Wildman–Crippen LogP) is 1.68. The van der Waals surface area contributed by atoms with Crippen LogP contribution >= 0.6 is 0 Å². The Hall–Kier alpha value is -1.98. The summed E-state index contributed by atoms with van der Waals surface area (Å²) in [6.07, 6.45) is 3.88. The summed E-state index contributed by atoms with van der Waals surface area (Å²) in [7, 11) is 1.61. The maximum atomic E-state index is 8.77. The molecule has 0 atom stereocenters. The van der Waals surface area contributed by atoms with E-state index in [0.717, 1.165) is 18.7 Å². The first-order valence-electron chi connectivity index (χ1n) is 6.56. The molecule has 0 aliphatic carbocycles. The fourth-order valence-corrected chi connectivity index (χ4v) is 1.92. The Labute approximate surface area is 118 Å². The van der Waals surface area contributed by atoms with Gasteiger partial charge in [0.2, 0.25) is 0 Å². The van der Waals surface area contributed by atoms with Crippen LogP contribution in [0.25, 0.3) is 0 Å². The van der Waals surface area contributed by atoms with E-state index in [1.807, 2.05) is 36.7 Å². The largest absolute Gasteiger partial charge is 0.493 e. The van der Waals surface area contributed by atoms with Crippen molar-refractivity contribution in [3.05, 3.63) is 47.8 Å². The number of hydrogen-bond donors (Lipinski definition) is 3. The molecule has 0 saturated heterocycles. The summed E-state index contributed by atoms with van der Waals surface area (Å²) in [5, 5.41) is 12.1. The van der Waals surface area contributed by atoms with E-state index in [9.17, 15) is 0 Å². The highest BCUT2D eigenvalue weighted by molar-refractivity contribution is 5.42. The Balaban J connectivity index is 1.91. The number of H-pyrrole nitrogens is 1. The standard InChI is InChI=1S/C15H20N2O3/c1-19-15-8-12(2-3-14(15)20-7-6-18)9-17-11-13-4-5-16-10-13/h2-5,8,10,16-18H,6-7,9,11H2,1H3. The van der Waals surface area contributed by atoms with Crippen molar-refractivity contribution >= 4 is 0 Å². The Morgan fingerprint density at radius 2 is 2.00 bits per heavy atom. The highest BCUT2D eigenvalue weighted by atomic mass is 16.5. The second-order valence-electron chi connectivity index (χ2n) is 4.38. The smallest absolute Gasteiger partial charge is 0.161 e. The third-order valence-corrected chi connectivity index (χ3v) is 2.90. The fourth-order valence-electron chi connectivity index (χ4n) is 1.92. The molecule has 0 aliphatic rings. The van der Waals surface area contributed by atoms with Gasteiger partial charge in [0.15, 0.2) is 11.5 Å². The first-order valence-corrected chi connectivity index (χ1v) is 6.56. The van der Waals surface area contributed by atoms with Gasteiger partial charge in [-0.25, -0.2) is 0 Å². The summed E-state index contributed by atoms with van der Waals surface area (Å²) in [4.78, 5) is 3.03. The zero-order valence-corrected chi connectivity index (χ0v) is 11.6. The fraction of sp³-hybridized carbons (Fsp3) is 0.333. The monoisotopic (exact) mass is 276 g/mol. The predicted molar refractivity (Wildman–Crippen MR) is 76.9 cm³/mol. The van der Waals surface area contributed by atoms with Crippen LogP contribution in [0.15, 0.2) is 36.7 Å². The summed E-state index contributed by atoms with van der Waals surface area (Å²) in [5.74, 6) is 1.33. The van der Waals surface area contributed by atoms with E-state index in [4.69, 9.17) is 14.6 Å². The summed E-state index contributed by atoms with van der Waals surface area (Å²) < 4.78 is 10.7. The van der Waals surface area contributed by atoms with Crippen LogP contribution < -0.4 is 14.8 Å². The highest BCUT2D eigenvalue weighted by Crippen LogP contribution is 2.27. The van der Waals surface area contributed by atoms with Crippen LogP contribution in [-0.4, -0.2) is 30.4 Å². The summed E-state index contributed by atoms with van der Waals surface area (Å²) in [6.45, 7) is 1.82. The summed E-state index contributed by atoms with van der Waals surface area (Å²) >= 11 is 0. The van der Waals surface area contributed by atoms with Crippen LogP contribution in [0.2, 0.25) is 0 Å². The lowest BCUT2D eigenvalue weighted by atomic mass is 10.2. The molecule has 5 heteroatoms. The molecule has 20 heavy (non-hydrogen) atoms. The second-order valence-corrected chi connectivity index (χ2v) is 4.38.